The number of fused-ring (bicyclic) bond motifs is 1. The molecule has 166 valence electrons. The molecule has 1 atom stereocenters. The summed E-state index contributed by atoms with van der Waals surface area (Å²) in [6, 6.07) is 20.6. The zero-order chi connectivity index (χ0) is 23.4. The van der Waals surface area contributed by atoms with Crippen LogP contribution in [-0.2, 0) is 16.0 Å². The maximum absolute atomic E-state index is 12.9. The van der Waals surface area contributed by atoms with E-state index in [1.807, 2.05) is 48.5 Å². The molecule has 2 amide bonds. The molecular weight excluding hydrogens is 484 g/mol. The number of hydrogen-bond acceptors (Lipinski definition) is 5. The molecule has 33 heavy (non-hydrogen) atoms. The molecule has 4 rings (SSSR count). The molecule has 0 aliphatic carbocycles. The summed E-state index contributed by atoms with van der Waals surface area (Å²) in [6.07, 6.45) is 1.92. The molecule has 0 N–H and O–H groups in total. The van der Waals surface area contributed by atoms with Crippen molar-refractivity contribution < 1.29 is 19.1 Å². The number of carbonyl (C=O) groups excluding carboxylic acids is 3. The van der Waals surface area contributed by atoms with Gasteiger partial charge in [-0.25, -0.2) is 4.79 Å². The van der Waals surface area contributed by atoms with E-state index in [4.69, 9.17) is 4.74 Å². The zero-order valence-corrected chi connectivity index (χ0v) is 19.5. The van der Waals surface area contributed by atoms with Crippen molar-refractivity contribution >= 4 is 45.6 Å². The van der Waals surface area contributed by atoms with Gasteiger partial charge in [0.1, 0.15) is 6.04 Å². The Morgan fingerprint density at radius 2 is 1.58 bits per heavy atom. The average molecular weight is 505 g/mol. The van der Waals surface area contributed by atoms with Crippen molar-refractivity contribution in [1.82, 2.24) is 4.90 Å². The molecule has 6 nitrogen and oxygen atoms in total. The van der Waals surface area contributed by atoms with E-state index >= 15 is 0 Å². The molecule has 1 aliphatic rings. The van der Waals surface area contributed by atoms with Crippen molar-refractivity contribution in [2.24, 2.45) is 4.99 Å². The third-order valence-electron chi connectivity index (χ3n) is 5.29. The average Bonchev–Trinajstić information content (AvgIpc) is 3.08. The van der Waals surface area contributed by atoms with Crippen molar-refractivity contribution in [3.63, 3.8) is 0 Å². The molecular formula is C26H21BrN2O4. The molecule has 0 aromatic heterocycles. The maximum Gasteiger partial charge on any atom is 0.329 e. The van der Waals surface area contributed by atoms with E-state index in [2.05, 4.69) is 20.9 Å². The number of rotatable bonds is 7. The lowest BCUT2D eigenvalue weighted by molar-refractivity contribution is -0.147. The highest BCUT2D eigenvalue weighted by atomic mass is 79.9. The smallest absolute Gasteiger partial charge is 0.329 e. The molecule has 0 bridgehead atoms. The van der Waals surface area contributed by atoms with Gasteiger partial charge in [0.25, 0.3) is 11.8 Å². The van der Waals surface area contributed by atoms with Gasteiger partial charge >= 0.3 is 5.97 Å². The zero-order valence-electron chi connectivity index (χ0n) is 17.9. The monoisotopic (exact) mass is 504 g/mol. The molecule has 1 aliphatic heterocycles. The van der Waals surface area contributed by atoms with E-state index in [1.54, 1.807) is 37.4 Å². The van der Waals surface area contributed by atoms with Crippen LogP contribution in [0.15, 0.2) is 82.3 Å². The Hall–Kier alpha value is -3.58. The first-order valence-corrected chi connectivity index (χ1v) is 11.3. The number of hydrogen-bond donors (Lipinski definition) is 0. The summed E-state index contributed by atoms with van der Waals surface area (Å²) in [6.45, 7) is 1.85. The minimum atomic E-state index is -1.05. The van der Waals surface area contributed by atoms with Gasteiger partial charge in [-0.05, 0) is 54.4 Å². The SMILES string of the molecule is CCOC(=O)[C@H](Cc1ccc(N=Cc2ccc(Br)cc2)cc1)N1C(=O)c2ccccc2C1=O. The third-order valence-corrected chi connectivity index (χ3v) is 5.82. The number of halogens is 1. The minimum absolute atomic E-state index is 0.154. The van der Waals surface area contributed by atoms with E-state index in [-0.39, 0.29) is 13.0 Å². The summed E-state index contributed by atoms with van der Waals surface area (Å²) in [5, 5.41) is 0. The van der Waals surface area contributed by atoms with Crippen molar-refractivity contribution in [3.8, 4) is 0 Å². The van der Waals surface area contributed by atoms with Crippen LogP contribution in [-0.4, -0.2) is 41.5 Å². The first-order chi connectivity index (χ1) is 16.0. The standard InChI is InChI=1S/C26H21BrN2O4/c1-2-33-26(32)23(29-24(30)21-5-3-4-6-22(21)25(29)31)15-17-9-13-20(14-10-17)28-16-18-7-11-19(27)12-8-18/h3-14,16,23H,2,15H2,1H3/t23-/m0/s1. The molecule has 3 aromatic rings. The molecule has 0 radical (unpaired) electrons. The normalized spacial score (nSPS) is 13.9. The van der Waals surface area contributed by atoms with Crippen LogP contribution in [0.2, 0.25) is 0 Å². The van der Waals surface area contributed by atoms with E-state index in [0.717, 1.165) is 26.2 Å². The van der Waals surface area contributed by atoms with E-state index in [1.165, 1.54) is 0 Å². The van der Waals surface area contributed by atoms with Gasteiger partial charge < -0.3 is 4.74 Å². The molecule has 7 heteroatoms. The van der Waals surface area contributed by atoms with Crippen molar-refractivity contribution in [3.05, 3.63) is 99.5 Å². The van der Waals surface area contributed by atoms with Crippen molar-refractivity contribution in [1.29, 1.82) is 0 Å². The number of carbonyl (C=O) groups is 3. The highest BCUT2D eigenvalue weighted by Crippen LogP contribution is 2.27. The van der Waals surface area contributed by atoms with Crippen LogP contribution >= 0.6 is 15.9 Å². The third kappa shape index (κ3) is 4.93. The van der Waals surface area contributed by atoms with E-state index in [9.17, 15) is 14.4 Å². The number of aliphatic imine (C=N–C) groups is 1. The summed E-state index contributed by atoms with van der Waals surface area (Å²) in [5.41, 5.74) is 3.10. The molecule has 1 heterocycles. The van der Waals surface area contributed by atoms with Crippen LogP contribution in [0.5, 0.6) is 0 Å². The van der Waals surface area contributed by atoms with Crippen molar-refractivity contribution in [2.75, 3.05) is 6.61 Å². The number of benzene rings is 3. The number of esters is 1. The van der Waals surface area contributed by atoms with E-state index < -0.39 is 23.8 Å². The highest BCUT2D eigenvalue weighted by molar-refractivity contribution is 9.10. The molecule has 0 saturated carbocycles. The van der Waals surface area contributed by atoms with Gasteiger partial charge in [-0.2, -0.15) is 0 Å². The Labute approximate surface area is 200 Å². The lowest BCUT2D eigenvalue weighted by atomic mass is 10.0. The summed E-state index contributed by atoms with van der Waals surface area (Å²) in [7, 11) is 0. The van der Waals surface area contributed by atoms with Gasteiger partial charge in [0.2, 0.25) is 0 Å². The number of imide groups is 1. The fourth-order valence-electron chi connectivity index (χ4n) is 3.65. The predicted octanol–water partition coefficient (Wildman–Crippen LogP) is 4.97. The summed E-state index contributed by atoms with van der Waals surface area (Å²) < 4.78 is 6.19. The Morgan fingerprint density at radius 3 is 2.15 bits per heavy atom. The largest absolute Gasteiger partial charge is 0.464 e. The first kappa shape index (κ1) is 22.6. The molecule has 3 aromatic carbocycles. The minimum Gasteiger partial charge on any atom is -0.464 e. The van der Waals surface area contributed by atoms with Crippen LogP contribution < -0.4 is 0 Å². The van der Waals surface area contributed by atoms with Crippen LogP contribution in [0.1, 0.15) is 38.8 Å². The lowest BCUT2D eigenvalue weighted by Crippen LogP contribution is -2.47. The van der Waals surface area contributed by atoms with Gasteiger partial charge in [-0.15, -0.1) is 0 Å². The fraction of sp³-hybridized carbons (Fsp3) is 0.154. The topological polar surface area (TPSA) is 76.0 Å². The predicted molar refractivity (Wildman–Crippen MR) is 129 cm³/mol. The van der Waals surface area contributed by atoms with Gasteiger partial charge in [-0.3, -0.25) is 19.5 Å². The molecule has 0 fully saturated rings. The van der Waals surface area contributed by atoms with Crippen LogP contribution in [0.4, 0.5) is 5.69 Å². The summed E-state index contributed by atoms with van der Waals surface area (Å²) in [4.78, 5) is 44.1. The van der Waals surface area contributed by atoms with Crippen molar-refractivity contribution in [2.45, 2.75) is 19.4 Å². The van der Waals surface area contributed by atoms with Gasteiger partial charge in [0, 0.05) is 17.1 Å². The maximum atomic E-state index is 12.9. The fourth-order valence-corrected chi connectivity index (χ4v) is 3.91. The molecule has 0 saturated heterocycles. The van der Waals surface area contributed by atoms with Crippen LogP contribution in [0.25, 0.3) is 0 Å². The highest BCUT2D eigenvalue weighted by Gasteiger charge is 2.43. The lowest BCUT2D eigenvalue weighted by Gasteiger charge is -2.24. The number of nitrogens with zero attached hydrogens (tertiary/aromatic N) is 2. The quantitative estimate of drug-likeness (QED) is 0.258. The number of amides is 2. The van der Waals surface area contributed by atoms with Crippen LogP contribution in [0, 0.1) is 0 Å². The second-order valence-corrected chi connectivity index (χ2v) is 8.39. The Balaban J connectivity index is 1.54. The first-order valence-electron chi connectivity index (χ1n) is 10.5. The van der Waals surface area contributed by atoms with Gasteiger partial charge in [-0.1, -0.05) is 52.3 Å². The summed E-state index contributed by atoms with van der Waals surface area (Å²) in [5.74, 6) is -1.57. The Bertz CT molecular complexity index is 1180. The second-order valence-electron chi connectivity index (χ2n) is 7.47. The van der Waals surface area contributed by atoms with Gasteiger partial charge in [0.05, 0.1) is 23.4 Å². The Kier molecular flexibility index (Phi) is 6.79. The van der Waals surface area contributed by atoms with Crippen LogP contribution in [0.3, 0.4) is 0 Å². The van der Waals surface area contributed by atoms with Gasteiger partial charge in [0.15, 0.2) is 0 Å². The number of ether oxygens (including phenoxy) is 1. The molecule has 0 unspecified atom stereocenters. The summed E-state index contributed by atoms with van der Waals surface area (Å²) >= 11 is 3.41. The van der Waals surface area contributed by atoms with E-state index in [0.29, 0.717) is 11.1 Å². The Morgan fingerprint density at radius 1 is 0.970 bits per heavy atom. The second kappa shape index (κ2) is 9.92. The molecule has 0 spiro atoms.